The standard InChI is InChI=1S/C42H28N2S/c1-42(30-14-6-3-7-15-30)35-18-10-8-16-31(35)33-24-28(20-22-36(33)42)37-26-38(44-41(43-37)27-12-4-2-5-13-27)29-21-23-40-34(25-29)32-17-9-11-19-39(32)45-40/h2-26H,1H3. The summed E-state index contributed by atoms with van der Waals surface area (Å²) in [5.41, 5.74) is 11.3. The van der Waals surface area contributed by atoms with Gasteiger partial charge in [-0.1, -0.05) is 121 Å². The number of aromatic nitrogens is 2. The molecule has 9 rings (SSSR count). The van der Waals surface area contributed by atoms with Crippen molar-refractivity contribution in [3.8, 4) is 45.0 Å². The third-order valence-corrected chi connectivity index (χ3v) is 10.5. The van der Waals surface area contributed by atoms with E-state index in [-0.39, 0.29) is 5.41 Å². The Balaban J connectivity index is 1.24. The molecule has 1 unspecified atom stereocenters. The van der Waals surface area contributed by atoms with Crippen molar-refractivity contribution in [1.82, 2.24) is 9.97 Å². The van der Waals surface area contributed by atoms with Gasteiger partial charge in [-0.25, -0.2) is 9.97 Å². The van der Waals surface area contributed by atoms with Gasteiger partial charge in [0.25, 0.3) is 0 Å². The van der Waals surface area contributed by atoms with Gasteiger partial charge in [0.15, 0.2) is 5.82 Å². The Morgan fingerprint density at radius 3 is 1.91 bits per heavy atom. The molecule has 0 N–H and O–H groups in total. The molecule has 0 bridgehead atoms. The van der Waals surface area contributed by atoms with Gasteiger partial charge in [-0.15, -0.1) is 11.3 Å². The molecule has 2 aromatic heterocycles. The summed E-state index contributed by atoms with van der Waals surface area (Å²) in [5.74, 6) is 0.730. The molecular formula is C42H28N2S. The quantitative estimate of drug-likeness (QED) is 0.203. The molecule has 0 fully saturated rings. The summed E-state index contributed by atoms with van der Waals surface area (Å²) in [4.78, 5) is 10.3. The average Bonchev–Trinajstić information content (AvgIpc) is 3.61. The lowest BCUT2D eigenvalue weighted by Crippen LogP contribution is -2.22. The molecule has 1 aliphatic rings. The highest BCUT2D eigenvalue weighted by molar-refractivity contribution is 7.25. The van der Waals surface area contributed by atoms with Gasteiger partial charge >= 0.3 is 0 Å². The Kier molecular flexibility index (Phi) is 5.84. The van der Waals surface area contributed by atoms with Crippen LogP contribution in [0.15, 0.2) is 152 Å². The third-order valence-electron chi connectivity index (χ3n) is 9.39. The van der Waals surface area contributed by atoms with Crippen molar-refractivity contribution in [2.75, 3.05) is 0 Å². The maximum absolute atomic E-state index is 5.17. The summed E-state index contributed by atoms with van der Waals surface area (Å²) in [6.45, 7) is 2.35. The highest BCUT2D eigenvalue weighted by Crippen LogP contribution is 2.53. The molecule has 0 saturated heterocycles. The maximum Gasteiger partial charge on any atom is 0.160 e. The molecule has 0 spiro atoms. The van der Waals surface area contributed by atoms with Gasteiger partial charge in [0.2, 0.25) is 0 Å². The fourth-order valence-electron chi connectivity index (χ4n) is 7.09. The molecule has 3 heteroatoms. The van der Waals surface area contributed by atoms with Crippen LogP contribution in [0, 0.1) is 0 Å². The lowest BCUT2D eigenvalue weighted by Gasteiger charge is -2.28. The first-order valence-corrected chi connectivity index (χ1v) is 16.1. The van der Waals surface area contributed by atoms with Crippen molar-refractivity contribution >= 4 is 31.5 Å². The zero-order valence-electron chi connectivity index (χ0n) is 24.7. The Hall–Kier alpha value is -5.38. The molecule has 45 heavy (non-hydrogen) atoms. The summed E-state index contributed by atoms with van der Waals surface area (Å²) < 4.78 is 2.59. The molecule has 0 saturated carbocycles. The number of nitrogens with zero attached hydrogens (tertiary/aromatic N) is 2. The minimum atomic E-state index is -0.226. The molecule has 0 aliphatic heterocycles. The number of thiophene rings is 1. The summed E-state index contributed by atoms with van der Waals surface area (Å²) in [7, 11) is 0. The Morgan fingerprint density at radius 2 is 1.09 bits per heavy atom. The minimum Gasteiger partial charge on any atom is -0.228 e. The molecule has 0 radical (unpaired) electrons. The molecule has 1 aliphatic carbocycles. The molecule has 6 aromatic carbocycles. The zero-order chi connectivity index (χ0) is 30.0. The molecular weight excluding hydrogens is 565 g/mol. The van der Waals surface area contributed by atoms with Crippen molar-refractivity contribution < 1.29 is 0 Å². The first-order chi connectivity index (χ1) is 22.2. The number of fused-ring (bicyclic) bond motifs is 6. The van der Waals surface area contributed by atoms with Crippen molar-refractivity contribution in [2.24, 2.45) is 0 Å². The van der Waals surface area contributed by atoms with Gasteiger partial charge in [-0.2, -0.15) is 0 Å². The lowest BCUT2D eigenvalue weighted by atomic mass is 9.74. The van der Waals surface area contributed by atoms with E-state index in [9.17, 15) is 0 Å². The monoisotopic (exact) mass is 592 g/mol. The third kappa shape index (κ3) is 4.08. The Morgan fingerprint density at radius 1 is 0.467 bits per heavy atom. The molecule has 212 valence electrons. The van der Waals surface area contributed by atoms with Crippen LogP contribution >= 0.6 is 11.3 Å². The lowest BCUT2D eigenvalue weighted by molar-refractivity contribution is 0.714. The van der Waals surface area contributed by atoms with Crippen molar-refractivity contribution in [3.63, 3.8) is 0 Å². The van der Waals surface area contributed by atoms with E-state index >= 15 is 0 Å². The van der Waals surface area contributed by atoms with E-state index in [4.69, 9.17) is 9.97 Å². The predicted octanol–water partition coefficient (Wildman–Crippen LogP) is 11.2. The summed E-state index contributed by atoms with van der Waals surface area (Å²) >= 11 is 1.84. The second kappa shape index (κ2) is 10.1. The number of hydrogen-bond donors (Lipinski definition) is 0. The van der Waals surface area contributed by atoms with Gasteiger partial charge in [0, 0.05) is 42.3 Å². The fraction of sp³-hybridized carbons (Fsp3) is 0.0476. The van der Waals surface area contributed by atoms with Crippen LogP contribution in [0.2, 0.25) is 0 Å². The number of hydrogen-bond acceptors (Lipinski definition) is 3. The SMILES string of the molecule is CC1(c2ccccc2)c2ccccc2-c2cc(-c3cc(-c4ccc5sc6ccccc6c5c4)nc(-c4ccccc4)n3)ccc21. The van der Waals surface area contributed by atoms with Crippen molar-refractivity contribution in [2.45, 2.75) is 12.3 Å². The molecule has 2 nitrogen and oxygen atoms in total. The van der Waals surface area contributed by atoms with E-state index < -0.39 is 0 Å². The summed E-state index contributed by atoms with van der Waals surface area (Å²) in [6.07, 6.45) is 0. The van der Waals surface area contributed by atoms with Crippen LogP contribution in [0.4, 0.5) is 0 Å². The van der Waals surface area contributed by atoms with Crippen LogP contribution in [0.25, 0.3) is 65.2 Å². The second-order valence-electron chi connectivity index (χ2n) is 11.9. The molecule has 1 atom stereocenters. The molecule has 0 amide bonds. The minimum absolute atomic E-state index is 0.226. The van der Waals surface area contributed by atoms with Crippen LogP contribution < -0.4 is 0 Å². The van der Waals surface area contributed by atoms with Gasteiger partial charge < -0.3 is 0 Å². The predicted molar refractivity (Wildman–Crippen MR) is 189 cm³/mol. The molecule has 8 aromatic rings. The summed E-state index contributed by atoms with van der Waals surface area (Å²) in [6, 6.07) is 54.4. The molecule has 2 heterocycles. The highest BCUT2D eigenvalue weighted by atomic mass is 32.1. The maximum atomic E-state index is 5.17. The topological polar surface area (TPSA) is 25.8 Å². The van der Waals surface area contributed by atoms with Gasteiger partial charge in [0.1, 0.15) is 0 Å². The Bertz CT molecular complexity index is 2390. The van der Waals surface area contributed by atoms with E-state index in [2.05, 4.69) is 140 Å². The number of benzene rings is 6. The first-order valence-electron chi connectivity index (χ1n) is 15.3. The van der Waals surface area contributed by atoms with Gasteiger partial charge in [0.05, 0.1) is 11.4 Å². The first kappa shape index (κ1) is 26.1. The highest BCUT2D eigenvalue weighted by Gasteiger charge is 2.40. The van der Waals surface area contributed by atoms with Crippen molar-refractivity contribution in [3.05, 3.63) is 168 Å². The van der Waals surface area contributed by atoms with E-state index in [0.717, 1.165) is 33.9 Å². The number of rotatable bonds is 4. The largest absolute Gasteiger partial charge is 0.228 e. The van der Waals surface area contributed by atoms with Crippen LogP contribution in [-0.4, -0.2) is 9.97 Å². The van der Waals surface area contributed by atoms with Crippen LogP contribution in [0.5, 0.6) is 0 Å². The van der Waals surface area contributed by atoms with E-state index in [0.29, 0.717) is 0 Å². The average molecular weight is 593 g/mol. The Labute approximate surface area is 266 Å². The van der Waals surface area contributed by atoms with E-state index in [1.54, 1.807) is 0 Å². The van der Waals surface area contributed by atoms with Crippen molar-refractivity contribution in [1.29, 1.82) is 0 Å². The van der Waals surface area contributed by atoms with E-state index in [1.165, 1.54) is 48.0 Å². The smallest absolute Gasteiger partial charge is 0.160 e. The zero-order valence-corrected chi connectivity index (χ0v) is 25.6. The van der Waals surface area contributed by atoms with Crippen LogP contribution in [0.1, 0.15) is 23.6 Å². The van der Waals surface area contributed by atoms with E-state index in [1.807, 2.05) is 29.5 Å². The van der Waals surface area contributed by atoms with Gasteiger partial charge in [-0.05, 0) is 65.1 Å². The fourth-order valence-corrected chi connectivity index (χ4v) is 8.18. The van der Waals surface area contributed by atoms with Crippen LogP contribution in [0.3, 0.4) is 0 Å². The van der Waals surface area contributed by atoms with Gasteiger partial charge in [-0.3, -0.25) is 0 Å². The normalized spacial score (nSPS) is 15.3. The van der Waals surface area contributed by atoms with Crippen LogP contribution in [-0.2, 0) is 5.41 Å². The second-order valence-corrected chi connectivity index (χ2v) is 13.0. The summed E-state index contributed by atoms with van der Waals surface area (Å²) in [5, 5.41) is 2.56.